The van der Waals surface area contributed by atoms with Gasteiger partial charge >= 0.3 is 0 Å². The van der Waals surface area contributed by atoms with Crippen molar-refractivity contribution in [2.45, 2.75) is 11.8 Å². The van der Waals surface area contributed by atoms with E-state index in [0.717, 1.165) is 0 Å². The van der Waals surface area contributed by atoms with Crippen molar-refractivity contribution in [2.24, 2.45) is 5.73 Å². The zero-order valence-electron chi connectivity index (χ0n) is 11.3. The molecule has 0 radical (unpaired) electrons. The van der Waals surface area contributed by atoms with Crippen molar-refractivity contribution < 1.29 is 13.9 Å². The minimum Gasteiger partial charge on any atom is -0.395 e. The number of aliphatic hydroxyl groups is 1. The molecule has 0 aliphatic carbocycles. The normalized spacial score (nSPS) is 14.0. The first kappa shape index (κ1) is 16.1. The molecule has 2 aromatic rings. The van der Waals surface area contributed by atoms with Crippen LogP contribution in [0.5, 0.6) is 0 Å². The lowest BCUT2D eigenvalue weighted by Gasteiger charge is -2.31. The summed E-state index contributed by atoms with van der Waals surface area (Å²) in [5, 5.41) is 9.80. The maximum absolute atomic E-state index is 14.0. The van der Waals surface area contributed by atoms with Crippen LogP contribution in [0.15, 0.2) is 46.9 Å². The minimum absolute atomic E-state index is 0.130. The molecule has 2 rings (SSSR count). The summed E-state index contributed by atoms with van der Waals surface area (Å²) in [4.78, 5) is 0. The van der Waals surface area contributed by atoms with Crippen LogP contribution in [0.1, 0.15) is 11.1 Å². The van der Waals surface area contributed by atoms with Crippen LogP contribution >= 0.6 is 15.9 Å². The maximum atomic E-state index is 14.0. The number of rotatable bonds is 5. The average molecular weight is 356 g/mol. The van der Waals surface area contributed by atoms with E-state index in [9.17, 15) is 13.9 Å². The molecule has 0 aliphatic heterocycles. The fourth-order valence-electron chi connectivity index (χ4n) is 2.34. The second-order valence-corrected chi connectivity index (χ2v) is 5.98. The summed E-state index contributed by atoms with van der Waals surface area (Å²) >= 11 is 3.21. The van der Waals surface area contributed by atoms with E-state index in [1.165, 1.54) is 18.2 Å². The van der Waals surface area contributed by atoms with Gasteiger partial charge in [-0.2, -0.15) is 0 Å². The molecule has 3 N–H and O–H groups in total. The van der Waals surface area contributed by atoms with E-state index < -0.39 is 5.41 Å². The molecule has 0 saturated heterocycles. The fourth-order valence-corrected chi connectivity index (χ4v) is 2.67. The zero-order valence-corrected chi connectivity index (χ0v) is 12.9. The molecule has 2 aromatic carbocycles. The van der Waals surface area contributed by atoms with Crippen molar-refractivity contribution in [3.63, 3.8) is 0 Å². The summed E-state index contributed by atoms with van der Waals surface area (Å²) < 4.78 is 27.7. The Morgan fingerprint density at radius 1 is 1.10 bits per heavy atom. The number of aliphatic hydroxyl groups excluding tert-OH is 1. The zero-order chi connectivity index (χ0) is 15.5. The van der Waals surface area contributed by atoms with Crippen molar-refractivity contribution >= 4 is 15.9 Å². The van der Waals surface area contributed by atoms with E-state index in [1.807, 2.05) is 0 Å². The van der Waals surface area contributed by atoms with Crippen LogP contribution < -0.4 is 5.73 Å². The quantitative estimate of drug-likeness (QED) is 0.865. The topological polar surface area (TPSA) is 46.2 Å². The number of benzene rings is 2. The smallest absolute Gasteiger partial charge is 0.127 e. The van der Waals surface area contributed by atoms with Crippen molar-refractivity contribution in [3.8, 4) is 0 Å². The van der Waals surface area contributed by atoms with Gasteiger partial charge in [0.15, 0.2) is 0 Å². The van der Waals surface area contributed by atoms with Crippen LogP contribution in [-0.4, -0.2) is 18.3 Å². The SMILES string of the molecule is NCC(CO)(Cc1ccc(Br)cc1F)c1ccc(F)cc1. The van der Waals surface area contributed by atoms with Crippen molar-refractivity contribution in [3.05, 3.63) is 69.7 Å². The highest BCUT2D eigenvalue weighted by Gasteiger charge is 2.31. The Balaban J connectivity index is 2.40. The van der Waals surface area contributed by atoms with Gasteiger partial charge in [0.2, 0.25) is 0 Å². The van der Waals surface area contributed by atoms with E-state index in [1.54, 1.807) is 24.3 Å². The van der Waals surface area contributed by atoms with Gasteiger partial charge in [-0.3, -0.25) is 0 Å². The third-order valence-electron chi connectivity index (χ3n) is 3.69. The second kappa shape index (κ2) is 6.64. The highest BCUT2D eigenvalue weighted by Crippen LogP contribution is 2.29. The van der Waals surface area contributed by atoms with Crippen LogP contribution in [0.3, 0.4) is 0 Å². The Kier molecular flexibility index (Phi) is 5.08. The molecule has 0 spiro atoms. The van der Waals surface area contributed by atoms with Gasteiger partial charge in [-0.05, 0) is 41.8 Å². The summed E-state index contributed by atoms with van der Waals surface area (Å²) in [5.74, 6) is -0.727. The van der Waals surface area contributed by atoms with Crippen molar-refractivity contribution in [1.82, 2.24) is 0 Å². The van der Waals surface area contributed by atoms with Gasteiger partial charge in [0.25, 0.3) is 0 Å². The molecular weight excluding hydrogens is 340 g/mol. The summed E-state index contributed by atoms with van der Waals surface area (Å²) in [6, 6.07) is 10.6. The Morgan fingerprint density at radius 3 is 2.29 bits per heavy atom. The first-order chi connectivity index (χ1) is 10.0. The highest BCUT2D eigenvalue weighted by molar-refractivity contribution is 9.10. The van der Waals surface area contributed by atoms with Crippen molar-refractivity contribution in [2.75, 3.05) is 13.2 Å². The summed E-state index contributed by atoms with van der Waals surface area (Å²) in [5.41, 5.74) is 6.15. The van der Waals surface area contributed by atoms with Crippen LogP contribution in [0.2, 0.25) is 0 Å². The van der Waals surface area contributed by atoms with Crippen LogP contribution in [0, 0.1) is 11.6 Å². The maximum Gasteiger partial charge on any atom is 0.127 e. The van der Waals surface area contributed by atoms with Crippen LogP contribution in [0.4, 0.5) is 8.78 Å². The van der Waals surface area contributed by atoms with Gasteiger partial charge < -0.3 is 10.8 Å². The Morgan fingerprint density at radius 2 is 1.76 bits per heavy atom. The molecule has 2 nitrogen and oxygen atoms in total. The molecule has 21 heavy (non-hydrogen) atoms. The van der Waals surface area contributed by atoms with E-state index in [4.69, 9.17) is 5.73 Å². The van der Waals surface area contributed by atoms with Gasteiger partial charge in [0.1, 0.15) is 11.6 Å². The van der Waals surface area contributed by atoms with E-state index in [0.29, 0.717) is 15.6 Å². The van der Waals surface area contributed by atoms with Gasteiger partial charge in [0, 0.05) is 16.4 Å². The van der Waals surface area contributed by atoms with Gasteiger partial charge in [-0.15, -0.1) is 0 Å². The lowest BCUT2D eigenvalue weighted by Crippen LogP contribution is -2.41. The third-order valence-corrected chi connectivity index (χ3v) is 4.19. The lowest BCUT2D eigenvalue weighted by atomic mass is 9.76. The number of halogens is 3. The summed E-state index contributed by atoms with van der Waals surface area (Å²) in [6.45, 7) is -0.116. The van der Waals surface area contributed by atoms with Gasteiger partial charge in [-0.25, -0.2) is 8.78 Å². The van der Waals surface area contributed by atoms with Crippen LogP contribution in [-0.2, 0) is 11.8 Å². The molecule has 1 unspecified atom stereocenters. The van der Waals surface area contributed by atoms with E-state index >= 15 is 0 Å². The minimum atomic E-state index is -0.831. The van der Waals surface area contributed by atoms with E-state index in [2.05, 4.69) is 15.9 Å². The van der Waals surface area contributed by atoms with Crippen LogP contribution in [0.25, 0.3) is 0 Å². The largest absolute Gasteiger partial charge is 0.395 e. The average Bonchev–Trinajstić information content (AvgIpc) is 2.48. The van der Waals surface area contributed by atoms with E-state index in [-0.39, 0.29) is 31.2 Å². The van der Waals surface area contributed by atoms with Crippen molar-refractivity contribution in [1.29, 1.82) is 0 Å². The summed E-state index contributed by atoms with van der Waals surface area (Å²) in [6.07, 6.45) is 0.241. The molecule has 0 aliphatic rings. The lowest BCUT2D eigenvalue weighted by molar-refractivity contribution is 0.195. The molecule has 0 saturated carbocycles. The molecular formula is C16H16BrF2NO. The second-order valence-electron chi connectivity index (χ2n) is 5.06. The molecule has 112 valence electrons. The molecule has 0 amide bonds. The Bertz CT molecular complexity index is 612. The highest BCUT2D eigenvalue weighted by atomic mass is 79.9. The van der Waals surface area contributed by atoms with Gasteiger partial charge in [-0.1, -0.05) is 34.1 Å². The van der Waals surface area contributed by atoms with Gasteiger partial charge in [0.05, 0.1) is 6.61 Å². The molecule has 0 aromatic heterocycles. The number of nitrogens with two attached hydrogens (primary N) is 1. The predicted molar refractivity (Wildman–Crippen MR) is 82.0 cm³/mol. The first-order valence-electron chi connectivity index (χ1n) is 6.52. The third kappa shape index (κ3) is 3.48. The number of hydrogen-bond acceptors (Lipinski definition) is 2. The molecule has 0 fully saturated rings. The molecule has 1 atom stereocenters. The molecule has 0 bridgehead atoms. The predicted octanol–water partition coefficient (Wildman–Crippen LogP) is 3.16. The molecule has 5 heteroatoms. The Hall–Kier alpha value is -1.30. The monoisotopic (exact) mass is 355 g/mol. The molecule has 0 heterocycles. The fraction of sp³-hybridized carbons (Fsp3) is 0.250. The Labute approximate surface area is 130 Å². The first-order valence-corrected chi connectivity index (χ1v) is 7.31. The summed E-state index contributed by atoms with van der Waals surface area (Å²) in [7, 11) is 0. The standard InChI is InChI=1S/C16H16BrF2NO/c17-13-4-1-11(15(19)7-13)8-16(9-20,10-21)12-2-5-14(18)6-3-12/h1-7,21H,8-10,20H2. The number of hydrogen-bond donors (Lipinski definition) is 2.